The number of piperidine rings is 2. The number of anilines is 3. The molecule has 0 radical (unpaired) electrons. The van der Waals surface area contributed by atoms with Gasteiger partial charge in [0, 0.05) is 86.6 Å². The maximum atomic E-state index is 6.97. The lowest BCUT2D eigenvalue weighted by molar-refractivity contribution is -0.310. The van der Waals surface area contributed by atoms with Crippen LogP contribution in [0.2, 0.25) is 0 Å². The first-order valence-electron chi connectivity index (χ1n) is 24.5. The standard InChI is InChI=1S/C47H88N10O2/c1-11-13-28-54(37-33-44(3,4)56(45(5,6)34-37)58-39-21-17-15-18-22-39)42-50-41(49-27-32-53-30-25-48-26-31-53)51-43(52-42)55(29-14-12-2)38-35-46(7,8)57(47(9,10)36-38)59-40-23-19-16-20-24-40/h37-40,48H,11-36H2,1-10H3,(H,49,50,51,52). The molecule has 0 bridgehead atoms. The molecule has 0 spiro atoms. The third-order valence-corrected chi connectivity index (χ3v) is 14.2. The van der Waals surface area contributed by atoms with Gasteiger partial charge in [-0.25, -0.2) is 0 Å². The van der Waals surface area contributed by atoms with Crippen LogP contribution in [0.3, 0.4) is 0 Å². The molecule has 0 amide bonds. The van der Waals surface area contributed by atoms with E-state index in [-0.39, 0.29) is 34.2 Å². The molecule has 0 unspecified atom stereocenters. The van der Waals surface area contributed by atoms with Crippen LogP contribution in [0.25, 0.3) is 0 Å². The lowest BCUT2D eigenvalue weighted by Crippen LogP contribution is -2.65. The summed E-state index contributed by atoms with van der Waals surface area (Å²) in [5, 5.41) is 12.0. The molecule has 338 valence electrons. The Morgan fingerprint density at radius 2 is 1.02 bits per heavy atom. The highest BCUT2D eigenvalue weighted by Crippen LogP contribution is 2.45. The molecule has 3 saturated heterocycles. The van der Waals surface area contributed by atoms with E-state index in [0.717, 1.165) is 116 Å². The van der Waals surface area contributed by atoms with Gasteiger partial charge >= 0.3 is 0 Å². The minimum atomic E-state index is -0.146. The van der Waals surface area contributed by atoms with Crippen molar-refractivity contribution in [3.63, 3.8) is 0 Å². The van der Waals surface area contributed by atoms with Gasteiger partial charge in [-0.1, -0.05) is 65.2 Å². The first kappa shape index (κ1) is 46.7. The van der Waals surface area contributed by atoms with Gasteiger partial charge in [0.05, 0.1) is 12.2 Å². The van der Waals surface area contributed by atoms with E-state index in [9.17, 15) is 0 Å². The average molecular weight is 825 g/mol. The van der Waals surface area contributed by atoms with Crippen molar-refractivity contribution in [1.82, 2.24) is 35.3 Å². The van der Waals surface area contributed by atoms with Crippen LogP contribution in [0.4, 0.5) is 17.8 Å². The van der Waals surface area contributed by atoms with Crippen LogP contribution in [0.5, 0.6) is 0 Å². The molecule has 0 aromatic carbocycles. The molecule has 2 saturated carbocycles. The molecule has 2 aliphatic carbocycles. The summed E-state index contributed by atoms with van der Waals surface area (Å²) in [6.45, 7) is 31.6. The zero-order chi connectivity index (χ0) is 42.3. The minimum absolute atomic E-state index is 0.146. The van der Waals surface area contributed by atoms with Crippen LogP contribution in [0, 0.1) is 0 Å². The van der Waals surface area contributed by atoms with Crippen LogP contribution >= 0.6 is 0 Å². The number of nitrogens with one attached hydrogen (secondary N) is 2. The van der Waals surface area contributed by atoms with E-state index < -0.39 is 0 Å². The van der Waals surface area contributed by atoms with Gasteiger partial charge in [0.15, 0.2) is 0 Å². The quantitative estimate of drug-likeness (QED) is 0.148. The molecule has 1 aromatic heterocycles. The summed E-state index contributed by atoms with van der Waals surface area (Å²) in [6, 6.07) is 0.535. The van der Waals surface area contributed by atoms with Crippen LogP contribution in [0.1, 0.15) is 185 Å². The summed E-state index contributed by atoms with van der Waals surface area (Å²) in [6.07, 6.45) is 21.5. The highest BCUT2D eigenvalue weighted by molar-refractivity contribution is 5.47. The highest BCUT2D eigenvalue weighted by Gasteiger charge is 2.51. The third kappa shape index (κ3) is 12.2. The summed E-state index contributed by atoms with van der Waals surface area (Å²) in [5.74, 6) is 2.35. The predicted molar refractivity (Wildman–Crippen MR) is 244 cm³/mol. The number of rotatable bonds is 18. The van der Waals surface area contributed by atoms with Crippen LogP contribution < -0.4 is 20.4 Å². The van der Waals surface area contributed by atoms with E-state index in [1.165, 1.54) is 64.2 Å². The number of hydroxylamine groups is 4. The molecule has 5 aliphatic rings. The van der Waals surface area contributed by atoms with Gasteiger partial charge in [0.2, 0.25) is 17.8 Å². The Balaban J connectivity index is 1.33. The number of hydrogen-bond donors (Lipinski definition) is 2. The van der Waals surface area contributed by atoms with Crippen molar-refractivity contribution in [3.05, 3.63) is 0 Å². The second-order valence-corrected chi connectivity index (χ2v) is 21.6. The summed E-state index contributed by atoms with van der Waals surface area (Å²) < 4.78 is 0. The van der Waals surface area contributed by atoms with Crippen molar-refractivity contribution in [3.8, 4) is 0 Å². The third-order valence-electron chi connectivity index (χ3n) is 14.2. The van der Waals surface area contributed by atoms with Crippen LogP contribution in [-0.2, 0) is 9.68 Å². The van der Waals surface area contributed by atoms with Gasteiger partial charge in [0.25, 0.3) is 0 Å². The van der Waals surface area contributed by atoms with Crippen molar-refractivity contribution in [2.75, 3.05) is 67.5 Å². The molecule has 3 aliphatic heterocycles. The molecule has 59 heavy (non-hydrogen) atoms. The molecule has 4 heterocycles. The second kappa shape index (κ2) is 20.6. The number of nitrogens with zero attached hydrogens (tertiary/aromatic N) is 8. The van der Waals surface area contributed by atoms with Crippen molar-refractivity contribution in [1.29, 1.82) is 0 Å². The number of piperazine rings is 1. The Bertz CT molecular complexity index is 1290. The Hall–Kier alpha value is -1.83. The van der Waals surface area contributed by atoms with E-state index in [1.54, 1.807) is 0 Å². The van der Waals surface area contributed by atoms with E-state index in [4.69, 9.17) is 24.6 Å². The zero-order valence-electron chi connectivity index (χ0n) is 39.6. The van der Waals surface area contributed by atoms with Crippen LogP contribution in [0.15, 0.2) is 0 Å². The summed E-state index contributed by atoms with van der Waals surface area (Å²) in [4.78, 5) is 37.9. The van der Waals surface area contributed by atoms with E-state index in [0.29, 0.717) is 18.2 Å². The first-order chi connectivity index (χ1) is 28.1. The van der Waals surface area contributed by atoms with Crippen molar-refractivity contribution in [2.24, 2.45) is 0 Å². The lowest BCUT2D eigenvalue weighted by atomic mass is 9.78. The summed E-state index contributed by atoms with van der Waals surface area (Å²) in [5.41, 5.74) is -0.585. The molecule has 12 nitrogen and oxygen atoms in total. The summed E-state index contributed by atoms with van der Waals surface area (Å²) >= 11 is 0. The lowest BCUT2D eigenvalue weighted by Gasteiger charge is -2.57. The number of hydrogen-bond acceptors (Lipinski definition) is 12. The topological polar surface area (TPSA) is 97.4 Å². The maximum Gasteiger partial charge on any atom is 0.232 e. The molecular formula is C47H88N10O2. The SMILES string of the molecule is CCCCN(c1nc(NCCN2CCNCC2)nc(N(CCCC)C2CC(C)(C)N(OC3CCCCC3)C(C)(C)C2)n1)C1CC(C)(C)N(OC2CCCCC2)C(C)(C)C1. The van der Waals surface area contributed by atoms with Gasteiger partial charge in [-0.05, 0) is 120 Å². The van der Waals surface area contributed by atoms with Gasteiger partial charge in [0.1, 0.15) is 0 Å². The fourth-order valence-electron chi connectivity index (χ4n) is 11.6. The largest absolute Gasteiger partial charge is 0.353 e. The predicted octanol–water partition coefficient (Wildman–Crippen LogP) is 8.97. The van der Waals surface area contributed by atoms with Gasteiger partial charge in [-0.15, -0.1) is 0 Å². The molecular weight excluding hydrogens is 737 g/mol. The second-order valence-electron chi connectivity index (χ2n) is 21.6. The van der Waals surface area contributed by atoms with Gasteiger partial charge in [-0.3, -0.25) is 14.6 Å². The normalized spacial score (nSPS) is 25.3. The van der Waals surface area contributed by atoms with E-state index in [1.807, 2.05) is 0 Å². The molecule has 0 atom stereocenters. The van der Waals surface area contributed by atoms with E-state index >= 15 is 0 Å². The molecule has 1 aromatic rings. The summed E-state index contributed by atoms with van der Waals surface area (Å²) in [7, 11) is 0. The molecule has 12 heteroatoms. The molecule has 2 N–H and O–H groups in total. The highest BCUT2D eigenvalue weighted by atomic mass is 16.7. The van der Waals surface area contributed by atoms with Gasteiger partial charge < -0.3 is 20.4 Å². The van der Waals surface area contributed by atoms with Crippen molar-refractivity contribution < 1.29 is 9.68 Å². The maximum absolute atomic E-state index is 6.97. The first-order valence-corrected chi connectivity index (χ1v) is 24.5. The Morgan fingerprint density at radius 3 is 1.41 bits per heavy atom. The Kier molecular flexibility index (Phi) is 16.3. The Labute approximate surface area is 360 Å². The van der Waals surface area contributed by atoms with Gasteiger partial charge in [-0.2, -0.15) is 25.1 Å². The number of aromatic nitrogens is 3. The fraction of sp³-hybridized carbons (Fsp3) is 0.936. The van der Waals surface area contributed by atoms with Crippen LogP contribution in [-0.4, -0.2) is 129 Å². The average Bonchev–Trinajstić information content (AvgIpc) is 3.19. The van der Waals surface area contributed by atoms with E-state index in [2.05, 4.69) is 105 Å². The van der Waals surface area contributed by atoms with Crippen molar-refractivity contribution >= 4 is 17.8 Å². The number of unbranched alkanes of at least 4 members (excludes halogenated alkanes) is 2. The minimum Gasteiger partial charge on any atom is -0.353 e. The smallest absolute Gasteiger partial charge is 0.232 e. The fourth-order valence-corrected chi connectivity index (χ4v) is 11.6. The molecule has 6 rings (SSSR count). The van der Waals surface area contributed by atoms with Crippen molar-refractivity contribution in [2.45, 2.75) is 231 Å². The Morgan fingerprint density at radius 1 is 0.610 bits per heavy atom. The zero-order valence-corrected chi connectivity index (χ0v) is 39.6. The molecule has 5 fully saturated rings. The monoisotopic (exact) mass is 825 g/mol.